The Kier molecular flexibility index (Phi) is 7.25. The lowest BCUT2D eigenvalue weighted by Gasteiger charge is -2.29. The molecule has 0 saturated heterocycles. The van der Waals surface area contributed by atoms with Gasteiger partial charge in [-0.2, -0.15) is 0 Å². The van der Waals surface area contributed by atoms with Crippen LogP contribution < -0.4 is 5.32 Å². The monoisotopic (exact) mass is 339 g/mol. The van der Waals surface area contributed by atoms with E-state index in [1.54, 1.807) is 0 Å². The topological polar surface area (TPSA) is 12.0 Å². The highest BCUT2D eigenvalue weighted by Gasteiger charge is 2.20. The van der Waals surface area contributed by atoms with E-state index in [0.29, 0.717) is 5.92 Å². The van der Waals surface area contributed by atoms with E-state index in [4.69, 9.17) is 0 Å². The number of hydrogen-bond donors (Lipinski definition) is 1. The SMILES string of the molecule is CCCC(C)C(CNC(C)(C)C)Cc1cccc(Br)c1. The fourth-order valence-electron chi connectivity index (χ4n) is 2.57. The van der Waals surface area contributed by atoms with Crippen molar-refractivity contribution in [1.82, 2.24) is 5.32 Å². The normalized spacial score (nSPS) is 15.1. The molecule has 1 N–H and O–H groups in total. The number of rotatable bonds is 7. The van der Waals surface area contributed by atoms with E-state index in [2.05, 4.69) is 80.1 Å². The standard InChI is InChI=1S/C18H30BrN/c1-6-8-14(2)16(13-20-18(3,4)5)11-15-9-7-10-17(19)12-15/h7,9-10,12,14,16,20H,6,8,11,13H2,1-5H3. The Labute approximate surface area is 133 Å². The van der Waals surface area contributed by atoms with Crippen LogP contribution in [0.1, 0.15) is 53.0 Å². The molecule has 0 amide bonds. The van der Waals surface area contributed by atoms with Crippen LogP contribution in [0.2, 0.25) is 0 Å². The molecule has 20 heavy (non-hydrogen) atoms. The molecule has 0 radical (unpaired) electrons. The van der Waals surface area contributed by atoms with Crippen LogP contribution in [0.4, 0.5) is 0 Å². The Morgan fingerprint density at radius 1 is 1.25 bits per heavy atom. The van der Waals surface area contributed by atoms with Crippen molar-refractivity contribution in [3.8, 4) is 0 Å². The number of benzene rings is 1. The second kappa shape index (κ2) is 8.19. The third kappa shape index (κ3) is 6.90. The van der Waals surface area contributed by atoms with Gasteiger partial charge in [0.15, 0.2) is 0 Å². The lowest BCUT2D eigenvalue weighted by molar-refractivity contribution is 0.285. The van der Waals surface area contributed by atoms with E-state index in [1.165, 1.54) is 22.9 Å². The van der Waals surface area contributed by atoms with Gasteiger partial charge in [-0.1, -0.05) is 54.8 Å². The van der Waals surface area contributed by atoms with E-state index in [0.717, 1.165) is 18.9 Å². The Hall–Kier alpha value is -0.340. The van der Waals surface area contributed by atoms with Gasteiger partial charge in [0, 0.05) is 10.0 Å². The molecule has 0 aromatic heterocycles. The molecule has 0 spiro atoms. The van der Waals surface area contributed by atoms with E-state index >= 15 is 0 Å². The van der Waals surface area contributed by atoms with Crippen molar-refractivity contribution < 1.29 is 0 Å². The molecule has 114 valence electrons. The van der Waals surface area contributed by atoms with Crippen LogP contribution in [0, 0.1) is 11.8 Å². The first-order valence-electron chi connectivity index (χ1n) is 7.81. The van der Waals surface area contributed by atoms with E-state index in [1.807, 2.05) is 0 Å². The fraction of sp³-hybridized carbons (Fsp3) is 0.667. The summed E-state index contributed by atoms with van der Waals surface area (Å²) >= 11 is 3.57. The molecule has 1 aromatic rings. The first-order chi connectivity index (χ1) is 9.31. The molecule has 1 rings (SSSR count). The van der Waals surface area contributed by atoms with E-state index in [9.17, 15) is 0 Å². The van der Waals surface area contributed by atoms with Crippen LogP contribution in [0.5, 0.6) is 0 Å². The second-order valence-corrected chi connectivity index (χ2v) is 7.91. The first kappa shape index (κ1) is 17.7. The lowest BCUT2D eigenvalue weighted by Crippen LogP contribution is -2.41. The summed E-state index contributed by atoms with van der Waals surface area (Å²) in [5, 5.41) is 3.68. The maximum atomic E-state index is 3.68. The molecular formula is C18H30BrN. The van der Waals surface area contributed by atoms with Gasteiger partial charge in [0.2, 0.25) is 0 Å². The third-order valence-corrected chi connectivity index (χ3v) is 4.32. The highest BCUT2D eigenvalue weighted by Crippen LogP contribution is 2.23. The van der Waals surface area contributed by atoms with Gasteiger partial charge in [-0.3, -0.25) is 0 Å². The third-order valence-electron chi connectivity index (χ3n) is 3.83. The van der Waals surface area contributed by atoms with Crippen LogP contribution in [-0.2, 0) is 6.42 Å². The molecule has 2 heteroatoms. The molecule has 0 fully saturated rings. The summed E-state index contributed by atoms with van der Waals surface area (Å²) in [5.74, 6) is 1.46. The highest BCUT2D eigenvalue weighted by molar-refractivity contribution is 9.10. The predicted octanol–water partition coefficient (Wildman–Crippen LogP) is 5.43. The van der Waals surface area contributed by atoms with Crippen LogP contribution in [-0.4, -0.2) is 12.1 Å². The van der Waals surface area contributed by atoms with Crippen molar-refractivity contribution in [1.29, 1.82) is 0 Å². The van der Waals surface area contributed by atoms with Crippen molar-refractivity contribution in [2.45, 2.75) is 59.4 Å². The van der Waals surface area contributed by atoms with Gasteiger partial charge in [0.25, 0.3) is 0 Å². The number of hydrogen-bond acceptors (Lipinski definition) is 1. The summed E-state index contributed by atoms with van der Waals surface area (Å²) in [6, 6.07) is 8.73. The zero-order valence-electron chi connectivity index (χ0n) is 13.7. The summed E-state index contributed by atoms with van der Waals surface area (Å²) in [6.07, 6.45) is 3.74. The number of halogens is 1. The summed E-state index contributed by atoms with van der Waals surface area (Å²) in [5.41, 5.74) is 1.63. The predicted molar refractivity (Wildman–Crippen MR) is 93.2 cm³/mol. The molecule has 2 atom stereocenters. The van der Waals surface area contributed by atoms with Crippen LogP contribution in [0.15, 0.2) is 28.7 Å². The van der Waals surface area contributed by atoms with Crippen molar-refractivity contribution >= 4 is 15.9 Å². The van der Waals surface area contributed by atoms with Gasteiger partial charge in [-0.05, 0) is 63.3 Å². The van der Waals surface area contributed by atoms with Crippen molar-refractivity contribution in [2.24, 2.45) is 11.8 Å². The van der Waals surface area contributed by atoms with Crippen molar-refractivity contribution in [2.75, 3.05) is 6.54 Å². The second-order valence-electron chi connectivity index (χ2n) is 6.99. The van der Waals surface area contributed by atoms with Gasteiger partial charge in [0.05, 0.1) is 0 Å². The average molecular weight is 340 g/mol. The minimum atomic E-state index is 0.196. The molecule has 1 nitrogen and oxygen atoms in total. The van der Waals surface area contributed by atoms with Crippen LogP contribution in [0.25, 0.3) is 0 Å². The fourth-order valence-corrected chi connectivity index (χ4v) is 3.02. The van der Waals surface area contributed by atoms with Crippen molar-refractivity contribution in [3.05, 3.63) is 34.3 Å². The Bertz CT molecular complexity index is 395. The first-order valence-corrected chi connectivity index (χ1v) is 8.60. The molecule has 0 saturated carbocycles. The molecular weight excluding hydrogens is 310 g/mol. The van der Waals surface area contributed by atoms with Gasteiger partial charge in [-0.15, -0.1) is 0 Å². The largest absolute Gasteiger partial charge is 0.312 e. The molecule has 0 aliphatic heterocycles. The summed E-state index contributed by atoms with van der Waals surface area (Å²) in [6.45, 7) is 12.5. The average Bonchev–Trinajstić information content (AvgIpc) is 2.33. The molecule has 0 bridgehead atoms. The summed E-state index contributed by atoms with van der Waals surface area (Å²) in [4.78, 5) is 0. The summed E-state index contributed by atoms with van der Waals surface area (Å²) < 4.78 is 1.18. The molecule has 2 unspecified atom stereocenters. The van der Waals surface area contributed by atoms with Gasteiger partial charge < -0.3 is 5.32 Å². The molecule has 0 heterocycles. The van der Waals surface area contributed by atoms with E-state index in [-0.39, 0.29) is 5.54 Å². The van der Waals surface area contributed by atoms with Gasteiger partial charge in [-0.25, -0.2) is 0 Å². The van der Waals surface area contributed by atoms with Crippen molar-refractivity contribution in [3.63, 3.8) is 0 Å². The maximum absolute atomic E-state index is 3.68. The van der Waals surface area contributed by atoms with Gasteiger partial charge in [0.1, 0.15) is 0 Å². The van der Waals surface area contributed by atoms with Gasteiger partial charge >= 0.3 is 0 Å². The Morgan fingerprint density at radius 2 is 1.95 bits per heavy atom. The highest BCUT2D eigenvalue weighted by atomic mass is 79.9. The minimum absolute atomic E-state index is 0.196. The van der Waals surface area contributed by atoms with E-state index < -0.39 is 0 Å². The lowest BCUT2D eigenvalue weighted by atomic mass is 9.84. The van der Waals surface area contributed by atoms with Crippen LogP contribution >= 0.6 is 15.9 Å². The molecule has 0 aliphatic rings. The Balaban J connectivity index is 2.71. The minimum Gasteiger partial charge on any atom is -0.312 e. The van der Waals surface area contributed by atoms with Crippen LogP contribution in [0.3, 0.4) is 0 Å². The molecule has 1 aromatic carbocycles. The quantitative estimate of drug-likeness (QED) is 0.698. The maximum Gasteiger partial charge on any atom is 0.0177 e. The Morgan fingerprint density at radius 3 is 2.50 bits per heavy atom. The summed E-state index contributed by atoms with van der Waals surface area (Å²) in [7, 11) is 0. The zero-order chi connectivity index (χ0) is 15.2. The zero-order valence-corrected chi connectivity index (χ0v) is 15.3. The number of nitrogens with one attached hydrogen (secondary N) is 1. The molecule has 0 aliphatic carbocycles. The smallest absolute Gasteiger partial charge is 0.0177 e.